The Hall–Kier alpha value is -1.63. The summed E-state index contributed by atoms with van der Waals surface area (Å²) in [4.78, 5) is 16.1. The largest absolute Gasteiger partial charge is 0.395 e. The van der Waals surface area contributed by atoms with Crippen molar-refractivity contribution in [1.29, 1.82) is 10.5 Å². The lowest BCUT2D eigenvalue weighted by atomic mass is 9.97. The van der Waals surface area contributed by atoms with Crippen molar-refractivity contribution in [1.82, 2.24) is 9.80 Å². The minimum absolute atomic E-state index is 0.0338. The standard InChI is InChI=1S/C15H24N4O2/c1-13-5-2-6-14(12-20)19(13)11-15(21)18(9-3-7-16)10-4-8-17/h13-14,20H,2-6,9-12H2,1H3. The predicted molar refractivity (Wildman–Crippen MR) is 77.9 cm³/mol. The molecule has 21 heavy (non-hydrogen) atoms. The predicted octanol–water partition coefficient (Wildman–Crippen LogP) is 0.878. The van der Waals surface area contributed by atoms with Crippen molar-refractivity contribution >= 4 is 5.91 Å². The number of nitrogens with zero attached hydrogens (tertiary/aromatic N) is 4. The van der Waals surface area contributed by atoms with E-state index in [1.807, 2.05) is 12.1 Å². The first-order valence-electron chi connectivity index (χ1n) is 7.52. The second-order valence-corrected chi connectivity index (χ2v) is 5.49. The van der Waals surface area contributed by atoms with Gasteiger partial charge in [0.15, 0.2) is 0 Å². The molecule has 2 atom stereocenters. The molecule has 0 aromatic carbocycles. The monoisotopic (exact) mass is 292 g/mol. The fourth-order valence-corrected chi connectivity index (χ4v) is 2.81. The molecule has 0 aromatic rings. The van der Waals surface area contributed by atoms with Crippen LogP contribution in [-0.4, -0.2) is 59.1 Å². The van der Waals surface area contributed by atoms with Gasteiger partial charge in [0.05, 0.1) is 38.1 Å². The van der Waals surface area contributed by atoms with Crippen molar-refractivity contribution < 1.29 is 9.90 Å². The third kappa shape index (κ3) is 5.34. The molecule has 1 saturated heterocycles. The van der Waals surface area contributed by atoms with Gasteiger partial charge in [-0.2, -0.15) is 10.5 Å². The third-order valence-corrected chi connectivity index (χ3v) is 4.06. The van der Waals surface area contributed by atoms with Crippen molar-refractivity contribution in [3.63, 3.8) is 0 Å². The lowest BCUT2D eigenvalue weighted by Crippen LogP contribution is -2.52. The first kappa shape index (κ1) is 17.4. The van der Waals surface area contributed by atoms with Crippen LogP contribution in [-0.2, 0) is 4.79 Å². The first-order valence-corrected chi connectivity index (χ1v) is 7.52. The molecule has 0 radical (unpaired) electrons. The molecule has 0 spiro atoms. The molecule has 0 aromatic heterocycles. The van der Waals surface area contributed by atoms with Gasteiger partial charge in [-0.25, -0.2) is 0 Å². The molecule has 1 heterocycles. The lowest BCUT2D eigenvalue weighted by Gasteiger charge is -2.40. The lowest BCUT2D eigenvalue weighted by molar-refractivity contribution is -0.134. The topological polar surface area (TPSA) is 91.4 Å². The summed E-state index contributed by atoms with van der Waals surface area (Å²) >= 11 is 0. The van der Waals surface area contributed by atoms with Crippen molar-refractivity contribution in [3.8, 4) is 12.1 Å². The average molecular weight is 292 g/mol. The summed E-state index contributed by atoms with van der Waals surface area (Å²) in [5.74, 6) is -0.0623. The quantitative estimate of drug-likeness (QED) is 0.752. The van der Waals surface area contributed by atoms with Crippen LogP contribution >= 0.6 is 0 Å². The van der Waals surface area contributed by atoms with Crippen molar-refractivity contribution in [2.24, 2.45) is 0 Å². The molecule has 1 amide bonds. The fraction of sp³-hybridized carbons (Fsp3) is 0.800. The second-order valence-electron chi connectivity index (χ2n) is 5.49. The number of nitriles is 2. The van der Waals surface area contributed by atoms with E-state index in [-0.39, 0.29) is 44.0 Å². The molecule has 1 rings (SSSR count). The number of aliphatic hydroxyl groups excluding tert-OH is 1. The van der Waals surface area contributed by atoms with Gasteiger partial charge in [-0.05, 0) is 19.8 Å². The van der Waals surface area contributed by atoms with E-state index in [0.717, 1.165) is 19.3 Å². The van der Waals surface area contributed by atoms with Crippen molar-refractivity contribution in [2.45, 2.75) is 51.1 Å². The maximum atomic E-state index is 12.4. The normalized spacial score (nSPS) is 22.3. The SMILES string of the molecule is CC1CCCC(CO)N1CC(=O)N(CCC#N)CCC#N. The molecule has 6 heteroatoms. The van der Waals surface area contributed by atoms with E-state index < -0.39 is 0 Å². The highest BCUT2D eigenvalue weighted by molar-refractivity contribution is 5.78. The smallest absolute Gasteiger partial charge is 0.236 e. The van der Waals surface area contributed by atoms with Gasteiger partial charge >= 0.3 is 0 Å². The van der Waals surface area contributed by atoms with Gasteiger partial charge in [-0.1, -0.05) is 6.42 Å². The van der Waals surface area contributed by atoms with E-state index in [4.69, 9.17) is 10.5 Å². The number of carbonyl (C=O) groups excluding carboxylic acids is 1. The number of carbonyl (C=O) groups is 1. The molecule has 1 aliphatic heterocycles. The first-order chi connectivity index (χ1) is 10.1. The minimum Gasteiger partial charge on any atom is -0.395 e. The van der Waals surface area contributed by atoms with Crippen LogP contribution < -0.4 is 0 Å². The zero-order valence-corrected chi connectivity index (χ0v) is 12.7. The number of hydrogen-bond donors (Lipinski definition) is 1. The number of likely N-dealkylation sites (tertiary alicyclic amines) is 1. The van der Waals surface area contributed by atoms with Crippen LogP contribution in [0.25, 0.3) is 0 Å². The van der Waals surface area contributed by atoms with Gasteiger partial charge in [0.25, 0.3) is 0 Å². The summed E-state index contributed by atoms with van der Waals surface area (Å²) in [6.45, 7) is 3.12. The third-order valence-electron chi connectivity index (χ3n) is 4.06. The van der Waals surface area contributed by atoms with E-state index >= 15 is 0 Å². The van der Waals surface area contributed by atoms with Crippen LogP contribution in [0.2, 0.25) is 0 Å². The van der Waals surface area contributed by atoms with E-state index in [2.05, 4.69) is 11.8 Å². The Bertz CT molecular complexity index is 395. The highest BCUT2D eigenvalue weighted by Gasteiger charge is 2.30. The Morgan fingerprint density at radius 3 is 2.43 bits per heavy atom. The number of amides is 1. The van der Waals surface area contributed by atoms with Crippen LogP contribution in [0.5, 0.6) is 0 Å². The van der Waals surface area contributed by atoms with Gasteiger partial charge in [0.1, 0.15) is 0 Å². The summed E-state index contributed by atoms with van der Waals surface area (Å²) in [7, 11) is 0. The van der Waals surface area contributed by atoms with Gasteiger partial charge in [-0.15, -0.1) is 0 Å². The molecule has 6 nitrogen and oxygen atoms in total. The highest BCUT2D eigenvalue weighted by atomic mass is 16.3. The van der Waals surface area contributed by atoms with Gasteiger partial charge in [-0.3, -0.25) is 9.69 Å². The summed E-state index contributed by atoms with van der Waals surface area (Å²) in [6, 6.07) is 4.37. The molecule has 2 unspecified atom stereocenters. The summed E-state index contributed by atoms with van der Waals surface area (Å²) in [5.41, 5.74) is 0. The molecular formula is C15H24N4O2. The Balaban J connectivity index is 2.65. The van der Waals surface area contributed by atoms with Crippen LogP contribution in [0.3, 0.4) is 0 Å². The van der Waals surface area contributed by atoms with Crippen molar-refractivity contribution in [3.05, 3.63) is 0 Å². The zero-order chi connectivity index (χ0) is 15.7. The van der Waals surface area contributed by atoms with Crippen molar-refractivity contribution in [2.75, 3.05) is 26.2 Å². The van der Waals surface area contributed by atoms with Crippen LogP contribution in [0, 0.1) is 22.7 Å². The molecule has 1 N–H and O–H groups in total. The van der Waals surface area contributed by atoms with Crippen LogP contribution in [0.1, 0.15) is 39.0 Å². The highest BCUT2D eigenvalue weighted by Crippen LogP contribution is 2.22. The molecule has 116 valence electrons. The molecule has 1 fully saturated rings. The van der Waals surface area contributed by atoms with Crippen LogP contribution in [0.4, 0.5) is 0 Å². The summed E-state index contributed by atoms with van der Waals surface area (Å²) in [5, 5.41) is 26.8. The number of rotatable bonds is 7. The Labute approximate surface area is 126 Å². The second kappa shape index (κ2) is 9.33. The Morgan fingerprint density at radius 2 is 1.90 bits per heavy atom. The summed E-state index contributed by atoms with van der Waals surface area (Å²) in [6.07, 6.45) is 3.56. The van der Waals surface area contributed by atoms with E-state index in [1.54, 1.807) is 4.90 Å². The van der Waals surface area contributed by atoms with Gasteiger partial charge in [0.2, 0.25) is 5.91 Å². The average Bonchev–Trinajstić information content (AvgIpc) is 2.49. The Kier molecular flexibility index (Phi) is 7.74. The van der Waals surface area contributed by atoms with Gasteiger partial charge in [0, 0.05) is 25.2 Å². The minimum atomic E-state index is -0.0623. The molecule has 0 saturated carbocycles. The van der Waals surface area contributed by atoms with E-state index in [1.165, 1.54) is 0 Å². The number of hydrogen-bond acceptors (Lipinski definition) is 5. The molecular weight excluding hydrogens is 268 g/mol. The zero-order valence-electron chi connectivity index (χ0n) is 12.7. The van der Waals surface area contributed by atoms with Crippen LogP contribution in [0.15, 0.2) is 0 Å². The Morgan fingerprint density at radius 1 is 1.29 bits per heavy atom. The fourth-order valence-electron chi connectivity index (χ4n) is 2.81. The van der Waals surface area contributed by atoms with E-state index in [0.29, 0.717) is 13.1 Å². The number of piperidine rings is 1. The molecule has 0 bridgehead atoms. The molecule has 1 aliphatic rings. The van der Waals surface area contributed by atoms with E-state index in [9.17, 15) is 9.90 Å². The summed E-state index contributed by atoms with van der Waals surface area (Å²) < 4.78 is 0. The van der Waals surface area contributed by atoms with Gasteiger partial charge < -0.3 is 10.0 Å². The maximum Gasteiger partial charge on any atom is 0.236 e. The maximum absolute atomic E-state index is 12.4. The number of aliphatic hydroxyl groups is 1. The molecule has 0 aliphatic carbocycles.